The first-order valence-corrected chi connectivity index (χ1v) is 6.57. The van der Waals surface area contributed by atoms with Crippen molar-refractivity contribution in [2.75, 3.05) is 5.75 Å². The van der Waals surface area contributed by atoms with Crippen LogP contribution in [0.25, 0.3) is 11.1 Å². The minimum atomic E-state index is -0.135. The molecule has 0 aliphatic carbocycles. The molecule has 5 heteroatoms. The van der Waals surface area contributed by atoms with E-state index in [1.165, 1.54) is 11.8 Å². The van der Waals surface area contributed by atoms with Gasteiger partial charge in [0.15, 0.2) is 5.58 Å². The SMILES string of the molecule is N#CCC[C@H](C#N)CSc1nc2ccccc2o1. The van der Waals surface area contributed by atoms with Crippen LogP contribution in [0.4, 0.5) is 0 Å². The van der Waals surface area contributed by atoms with E-state index >= 15 is 0 Å². The third-order valence-electron chi connectivity index (χ3n) is 2.47. The number of oxazole rings is 1. The summed E-state index contributed by atoms with van der Waals surface area (Å²) >= 11 is 1.42. The molecule has 0 amide bonds. The van der Waals surface area contributed by atoms with E-state index in [2.05, 4.69) is 17.1 Å². The molecule has 0 unspecified atom stereocenters. The van der Waals surface area contributed by atoms with Crippen molar-refractivity contribution in [3.8, 4) is 12.1 Å². The second-order valence-corrected chi connectivity index (χ2v) is 4.75. The zero-order valence-electron chi connectivity index (χ0n) is 9.67. The van der Waals surface area contributed by atoms with Gasteiger partial charge in [0.1, 0.15) is 5.52 Å². The summed E-state index contributed by atoms with van der Waals surface area (Å²) in [4.78, 5) is 4.32. The Labute approximate surface area is 109 Å². The highest BCUT2D eigenvalue weighted by Crippen LogP contribution is 2.25. The van der Waals surface area contributed by atoms with Crippen LogP contribution in [0.15, 0.2) is 33.9 Å². The van der Waals surface area contributed by atoms with Crippen molar-refractivity contribution < 1.29 is 4.42 Å². The molecule has 1 heterocycles. The van der Waals surface area contributed by atoms with Gasteiger partial charge in [-0.3, -0.25) is 0 Å². The number of para-hydroxylation sites is 2. The van der Waals surface area contributed by atoms with Crippen molar-refractivity contribution in [3.63, 3.8) is 0 Å². The Kier molecular flexibility index (Phi) is 4.22. The molecule has 1 aromatic heterocycles. The third kappa shape index (κ3) is 3.03. The summed E-state index contributed by atoms with van der Waals surface area (Å²) in [5, 5.41) is 18.0. The number of thioether (sulfide) groups is 1. The van der Waals surface area contributed by atoms with Gasteiger partial charge < -0.3 is 4.42 Å². The summed E-state index contributed by atoms with van der Waals surface area (Å²) in [6.45, 7) is 0. The molecule has 0 saturated carbocycles. The molecule has 1 aromatic carbocycles. The molecular formula is C13H11N3OS. The van der Waals surface area contributed by atoms with Gasteiger partial charge in [0, 0.05) is 12.2 Å². The van der Waals surface area contributed by atoms with Crippen LogP contribution in [0.1, 0.15) is 12.8 Å². The van der Waals surface area contributed by atoms with Gasteiger partial charge in [0.2, 0.25) is 0 Å². The predicted octanol–water partition coefficient (Wildman–Crippen LogP) is 3.36. The Hall–Kier alpha value is -1.98. The Morgan fingerprint density at radius 2 is 2.17 bits per heavy atom. The van der Waals surface area contributed by atoms with Crippen molar-refractivity contribution in [2.24, 2.45) is 5.92 Å². The fourth-order valence-corrected chi connectivity index (χ4v) is 2.41. The summed E-state index contributed by atoms with van der Waals surface area (Å²) in [6.07, 6.45) is 1.01. The molecule has 0 bridgehead atoms. The molecule has 18 heavy (non-hydrogen) atoms. The monoisotopic (exact) mass is 257 g/mol. The van der Waals surface area contributed by atoms with Gasteiger partial charge in [-0.05, 0) is 18.6 Å². The van der Waals surface area contributed by atoms with E-state index in [0.717, 1.165) is 11.1 Å². The summed E-state index contributed by atoms with van der Waals surface area (Å²) in [5.41, 5.74) is 1.58. The van der Waals surface area contributed by atoms with Crippen molar-refractivity contribution in [1.82, 2.24) is 4.98 Å². The molecule has 1 atom stereocenters. The number of hydrogen-bond acceptors (Lipinski definition) is 5. The first kappa shape index (κ1) is 12.5. The van der Waals surface area contributed by atoms with Gasteiger partial charge in [-0.25, -0.2) is 4.98 Å². The predicted molar refractivity (Wildman–Crippen MR) is 68.7 cm³/mol. The number of fused-ring (bicyclic) bond motifs is 1. The number of benzene rings is 1. The quantitative estimate of drug-likeness (QED) is 0.768. The molecule has 4 nitrogen and oxygen atoms in total. The molecule has 0 saturated heterocycles. The van der Waals surface area contributed by atoms with Crippen LogP contribution in [0.2, 0.25) is 0 Å². The second-order valence-electron chi connectivity index (χ2n) is 3.78. The normalized spacial score (nSPS) is 11.9. The Morgan fingerprint density at radius 3 is 2.89 bits per heavy atom. The lowest BCUT2D eigenvalue weighted by atomic mass is 10.1. The lowest BCUT2D eigenvalue weighted by molar-refractivity contribution is 0.488. The third-order valence-corrected chi connectivity index (χ3v) is 3.46. The Balaban J connectivity index is 1.97. The van der Waals surface area contributed by atoms with E-state index in [1.807, 2.05) is 24.3 Å². The Bertz CT molecular complexity index is 575. The molecule has 0 N–H and O–H groups in total. The first-order valence-electron chi connectivity index (χ1n) is 5.58. The minimum Gasteiger partial charge on any atom is -0.431 e. The van der Waals surface area contributed by atoms with Crippen LogP contribution in [-0.2, 0) is 0 Å². The summed E-state index contributed by atoms with van der Waals surface area (Å²) < 4.78 is 5.54. The average molecular weight is 257 g/mol. The largest absolute Gasteiger partial charge is 0.431 e. The molecule has 0 fully saturated rings. The van der Waals surface area contributed by atoms with Crippen LogP contribution >= 0.6 is 11.8 Å². The van der Waals surface area contributed by atoms with E-state index < -0.39 is 0 Å². The maximum atomic E-state index is 8.95. The number of nitrogens with zero attached hydrogens (tertiary/aromatic N) is 3. The molecule has 0 radical (unpaired) electrons. The minimum absolute atomic E-state index is 0.135. The van der Waals surface area contributed by atoms with Crippen LogP contribution in [0.3, 0.4) is 0 Å². The second kappa shape index (κ2) is 6.09. The van der Waals surface area contributed by atoms with Crippen molar-refractivity contribution in [1.29, 1.82) is 10.5 Å². The Morgan fingerprint density at radius 1 is 1.33 bits per heavy atom. The highest BCUT2D eigenvalue weighted by Gasteiger charge is 2.11. The van der Waals surface area contributed by atoms with Gasteiger partial charge in [-0.2, -0.15) is 10.5 Å². The molecule has 2 aromatic rings. The number of aromatic nitrogens is 1. The molecule has 0 aliphatic rings. The maximum Gasteiger partial charge on any atom is 0.256 e. The van der Waals surface area contributed by atoms with E-state index in [4.69, 9.17) is 14.9 Å². The van der Waals surface area contributed by atoms with Gasteiger partial charge in [0.25, 0.3) is 5.22 Å². The van der Waals surface area contributed by atoms with Crippen LogP contribution in [-0.4, -0.2) is 10.7 Å². The lowest BCUT2D eigenvalue weighted by Gasteiger charge is -2.02. The number of rotatable bonds is 5. The molecule has 90 valence electrons. The molecule has 2 rings (SSSR count). The van der Waals surface area contributed by atoms with Gasteiger partial charge in [-0.15, -0.1) is 0 Å². The van der Waals surface area contributed by atoms with Crippen molar-refractivity contribution >= 4 is 22.9 Å². The van der Waals surface area contributed by atoms with Gasteiger partial charge in [-0.1, -0.05) is 23.9 Å². The van der Waals surface area contributed by atoms with E-state index in [1.54, 1.807) is 0 Å². The van der Waals surface area contributed by atoms with E-state index in [-0.39, 0.29) is 5.92 Å². The van der Waals surface area contributed by atoms with E-state index in [9.17, 15) is 0 Å². The standard InChI is InChI=1S/C13H11N3OS/c14-7-3-4-10(8-15)9-18-13-16-11-5-1-2-6-12(11)17-13/h1-2,5-6,10H,3-4,9H2/t10-/m1/s1. The van der Waals surface area contributed by atoms with Crippen molar-refractivity contribution in [3.05, 3.63) is 24.3 Å². The summed E-state index contributed by atoms with van der Waals surface area (Å²) in [6, 6.07) is 11.8. The zero-order valence-corrected chi connectivity index (χ0v) is 10.5. The summed E-state index contributed by atoms with van der Waals surface area (Å²) in [5.74, 6) is 0.468. The topological polar surface area (TPSA) is 73.6 Å². The first-order chi connectivity index (χ1) is 8.83. The fraction of sp³-hybridized carbons (Fsp3) is 0.308. The highest BCUT2D eigenvalue weighted by atomic mass is 32.2. The highest BCUT2D eigenvalue weighted by molar-refractivity contribution is 7.99. The zero-order chi connectivity index (χ0) is 12.8. The van der Waals surface area contributed by atoms with Gasteiger partial charge >= 0.3 is 0 Å². The van der Waals surface area contributed by atoms with E-state index in [0.29, 0.717) is 23.8 Å². The number of nitriles is 2. The molecule has 0 spiro atoms. The van der Waals surface area contributed by atoms with Crippen molar-refractivity contribution in [2.45, 2.75) is 18.1 Å². The molecule has 0 aliphatic heterocycles. The van der Waals surface area contributed by atoms with Crippen LogP contribution < -0.4 is 0 Å². The lowest BCUT2D eigenvalue weighted by Crippen LogP contribution is -1.99. The summed E-state index contributed by atoms with van der Waals surface area (Å²) in [7, 11) is 0. The average Bonchev–Trinajstić information content (AvgIpc) is 2.81. The number of hydrogen-bond donors (Lipinski definition) is 0. The van der Waals surface area contributed by atoms with Crippen LogP contribution in [0, 0.1) is 28.6 Å². The smallest absolute Gasteiger partial charge is 0.256 e. The fourth-order valence-electron chi connectivity index (χ4n) is 1.51. The van der Waals surface area contributed by atoms with Gasteiger partial charge in [0.05, 0.1) is 18.1 Å². The maximum absolute atomic E-state index is 8.95. The van der Waals surface area contributed by atoms with Crippen LogP contribution in [0.5, 0.6) is 0 Å². The molecular weight excluding hydrogens is 246 g/mol.